The van der Waals surface area contributed by atoms with Crippen molar-refractivity contribution in [2.24, 2.45) is 0 Å². The average molecular weight is 1280 g/mol. The van der Waals surface area contributed by atoms with Crippen molar-refractivity contribution in [3.05, 3.63) is 144 Å². The van der Waals surface area contributed by atoms with Gasteiger partial charge in [0.05, 0.1) is 52.4 Å². The fraction of sp³-hybridized carbons (Fsp3) is 0.419. The van der Waals surface area contributed by atoms with Gasteiger partial charge in [0.1, 0.15) is 24.2 Å². The number of thiol groups is 1. The largest absolute Gasteiger partial charge is 0.480 e. The first-order valence-electron chi connectivity index (χ1n) is 29.6. The van der Waals surface area contributed by atoms with Gasteiger partial charge in [-0.05, 0) is 22.3 Å². The zero-order valence-corrected chi connectivity index (χ0v) is 51.3. The molecular weight excluding hydrogens is 1200 g/mol. The molecule has 0 saturated carbocycles. The second-order valence-electron chi connectivity index (χ2n) is 21.5. The van der Waals surface area contributed by atoms with E-state index in [0.29, 0.717) is 22.4 Å². The van der Waals surface area contributed by atoms with Crippen LogP contribution in [0.3, 0.4) is 0 Å². The van der Waals surface area contributed by atoms with Crippen molar-refractivity contribution in [2.45, 2.75) is 49.9 Å². The summed E-state index contributed by atoms with van der Waals surface area (Å²) in [7, 11) is 0. The smallest absolute Gasteiger partial charge is 0.326 e. The van der Waals surface area contributed by atoms with Crippen molar-refractivity contribution in [1.29, 1.82) is 0 Å². The molecule has 0 unspecified atom stereocenters. The zero-order chi connectivity index (χ0) is 65.9. The number of hydrogen-bond acceptors (Lipinski definition) is 17. The van der Waals surface area contributed by atoms with E-state index in [0.717, 1.165) is 5.56 Å². The predicted octanol–water partition coefficient (Wildman–Crippen LogP) is -3.12. The number of aliphatic carboxylic acids is 3. The highest BCUT2D eigenvalue weighted by atomic mass is 32.1. The van der Waals surface area contributed by atoms with E-state index >= 15 is 0 Å². The topological polar surface area (TPSA) is 387 Å². The molecule has 29 heteroatoms. The Labute approximate surface area is 532 Å². The third kappa shape index (κ3) is 29.3. The summed E-state index contributed by atoms with van der Waals surface area (Å²) >= 11 is 4.16. The Balaban J connectivity index is 1.32. The van der Waals surface area contributed by atoms with E-state index in [1.807, 2.05) is 6.07 Å². The second-order valence-corrected chi connectivity index (χ2v) is 21.9. The molecular formula is C62H81N13O15S. The summed E-state index contributed by atoms with van der Waals surface area (Å²) in [4.78, 5) is 163. The molecule has 5 rings (SSSR count). The monoisotopic (exact) mass is 1280 g/mol. The van der Waals surface area contributed by atoms with Crippen molar-refractivity contribution in [3.8, 4) is 0 Å². The number of nitrogens with zero attached hydrogens (tertiary/aromatic N) is 4. The minimum Gasteiger partial charge on any atom is -0.480 e. The average Bonchev–Trinajstić information content (AvgIpc) is 3.62. The molecule has 1 aliphatic heterocycles. The number of carbonyl (C=O) groups excluding carboxylic acids is 9. The molecule has 0 radical (unpaired) electrons. The third-order valence-corrected chi connectivity index (χ3v) is 14.5. The van der Waals surface area contributed by atoms with Gasteiger partial charge in [0.25, 0.3) is 0 Å². The molecule has 4 atom stereocenters. The van der Waals surface area contributed by atoms with Gasteiger partial charge >= 0.3 is 17.9 Å². The Morgan fingerprint density at radius 3 is 0.769 bits per heavy atom. The van der Waals surface area contributed by atoms with E-state index in [9.17, 15) is 72.9 Å². The van der Waals surface area contributed by atoms with Crippen LogP contribution in [0.2, 0.25) is 0 Å². The molecule has 12 N–H and O–H groups in total. The molecule has 0 aliphatic carbocycles. The van der Waals surface area contributed by atoms with E-state index < -0.39 is 121 Å². The van der Waals surface area contributed by atoms with Crippen LogP contribution in [0.25, 0.3) is 0 Å². The predicted molar refractivity (Wildman–Crippen MR) is 336 cm³/mol. The fourth-order valence-electron chi connectivity index (χ4n) is 9.45. The molecule has 490 valence electrons. The number of amides is 9. The fourth-order valence-corrected chi connectivity index (χ4v) is 9.57. The summed E-state index contributed by atoms with van der Waals surface area (Å²) in [6.07, 6.45) is 0.0983. The van der Waals surface area contributed by atoms with Crippen molar-refractivity contribution >= 4 is 83.7 Å². The molecule has 28 nitrogen and oxygen atoms in total. The van der Waals surface area contributed by atoms with Crippen LogP contribution in [0.1, 0.15) is 22.3 Å². The van der Waals surface area contributed by atoms with E-state index in [-0.39, 0.29) is 111 Å². The second kappa shape index (κ2) is 39.7. The number of nitrogens with one attached hydrogen (secondary N) is 9. The molecule has 0 spiro atoms. The van der Waals surface area contributed by atoms with E-state index in [2.05, 4.69) is 60.5 Å². The van der Waals surface area contributed by atoms with Crippen molar-refractivity contribution in [1.82, 2.24) is 67.5 Å². The van der Waals surface area contributed by atoms with Gasteiger partial charge in [-0.3, -0.25) is 62.8 Å². The first-order chi connectivity index (χ1) is 43.7. The number of benzene rings is 4. The lowest BCUT2D eigenvalue weighted by Gasteiger charge is -2.33. The minimum absolute atomic E-state index is 0.0198. The van der Waals surface area contributed by atoms with Crippen LogP contribution < -0.4 is 47.9 Å². The number of carboxylic acids is 3. The van der Waals surface area contributed by atoms with Crippen molar-refractivity contribution in [2.75, 3.05) is 117 Å². The number of carboxylic acid groups (broad SMARTS) is 3. The Bertz CT molecular complexity index is 2940. The summed E-state index contributed by atoms with van der Waals surface area (Å²) in [6, 6.07) is 30.0. The maximum Gasteiger partial charge on any atom is 0.326 e. The molecule has 0 bridgehead atoms. The Hall–Kier alpha value is -9.29. The van der Waals surface area contributed by atoms with Crippen LogP contribution >= 0.6 is 12.6 Å². The molecule has 1 fully saturated rings. The molecule has 1 aliphatic rings. The molecule has 91 heavy (non-hydrogen) atoms. The summed E-state index contributed by atoms with van der Waals surface area (Å²) in [5.74, 6) is -9.45. The van der Waals surface area contributed by atoms with E-state index in [4.69, 9.17) is 0 Å². The third-order valence-electron chi connectivity index (χ3n) is 14.3. The molecule has 9 amide bonds. The van der Waals surface area contributed by atoms with Crippen LogP contribution in [0, 0.1) is 0 Å². The van der Waals surface area contributed by atoms with Gasteiger partial charge in [0.2, 0.25) is 53.2 Å². The maximum atomic E-state index is 13.8. The first kappa shape index (κ1) is 72.5. The quantitative estimate of drug-likeness (QED) is 0.0206. The Morgan fingerprint density at radius 2 is 0.549 bits per heavy atom. The van der Waals surface area contributed by atoms with E-state index in [1.54, 1.807) is 135 Å². The van der Waals surface area contributed by atoms with Crippen molar-refractivity contribution < 1.29 is 72.9 Å². The normalized spacial score (nSPS) is 14.8. The van der Waals surface area contributed by atoms with Gasteiger partial charge < -0.3 is 63.2 Å². The highest BCUT2D eigenvalue weighted by molar-refractivity contribution is 7.80. The van der Waals surface area contributed by atoms with Crippen LogP contribution in [0.15, 0.2) is 121 Å². The summed E-state index contributed by atoms with van der Waals surface area (Å²) in [6.45, 7) is -2.80. The summed E-state index contributed by atoms with van der Waals surface area (Å²) in [5.41, 5.74) is 2.75. The van der Waals surface area contributed by atoms with Gasteiger partial charge in [-0.2, -0.15) is 12.6 Å². The Kier molecular flexibility index (Phi) is 31.6. The summed E-state index contributed by atoms with van der Waals surface area (Å²) in [5, 5.41) is 52.5. The van der Waals surface area contributed by atoms with Crippen LogP contribution in [-0.2, 0) is 83.2 Å². The molecule has 4 aromatic carbocycles. The van der Waals surface area contributed by atoms with Gasteiger partial charge in [-0.15, -0.1) is 0 Å². The minimum atomic E-state index is -1.30. The first-order valence-corrected chi connectivity index (χ1v) is 30.2. The highest BCUT2D eigenvalue weighted by Gasteiger charge is 2.27. The lowest BCUT2D eigenvalue weighted by Crippen LogP contribution is -2.53. The van der Waals surface area contributed by atoms with Gasteiger partial charge in [0.15, 0.2) is 0 Å². The standard InChI is InChI=1S/C62H81N13O15S/c76-51(68-47(59(84)63-21-30-91)31-43-13-5-1-6-14-43)35-64-55(80)39-72-22-24-73(40-56(81)65-36-52(77)69-48(60(85)86)32-44-15-7-2-8-16-44)26-28-75(42-58(83)67-38-54(79)71-50(62(89)90)34-46-19-11-4-12-20-46)29-27-74(25-23-72)41-57(82)66-37-53(78)70-49(61(87)88)33-45-17-9-3-10-18-45/h1-20,47-50,91H,21-42H2,(H,63,84)(H,64,80)(H,65,81)(H,66,82)(H,67,83)(H,68,76)(H,69,77)(H,70,78)(H,71,79)(H,85,86)(H,87,88)(H,89,90)/t47-,48-,49-,50-/m0/s1. The van der Waals surface area contributed by atoms with Crippen LogP contribution in [-0.4, -0.2) is 247 Å². The highest BCUT2D eigenvalue weighted by Crippen LogP contribution is 2.09. The lowest BCUT2D eigenvalue weighted by molar-refractivity contribution is -0.142. The molecule has 1 heterocycles. The molecule has 1 saturated heterocycles. The Morgan fingerprint density at radius 1 is 0.330 bits per heavy atom. The maximum absolute atomic E-state index is 13.8. The van der Waals surface area contributed by atoms with Crippen LogP contribution in [0.4, 0.5) is 0 Å². The van der Waals surface area contributed by atoms with E-state index in [1.165, 1.54) is 0 Å². The SMILES string of the molecule is O=C(CN1CCN(CC(=O)NCC(=O)N[C@@H](Cc2ccccc2)C(=O)O)CCN(CC(=O)NCC(=O)N[C@@H](Cc2ccccc2)C(=O)NCCS)CCN(CC(=O)NCC(=O)N[C@@H](Cc2ccccc2)C(=O)O)CC1)NCC(=O)N[C@@H](Cc1ccccc1)C(=O)O. The molecule has 4 aromatic rings. The van der Waals surface area contributed by atoms with Crippen LogP contribution in [0.5, 0.6) is 0 Å². The van der Waals surface area contributed by atoms with Gasteiger partial charge in [-0.1, -0.05) is 121 Å². The zero-order valence-electron chi connectivity index (χ0n) is 50.4. The van der Waals surface area contributed by atoms with Crippen molar-refractivity contribution in [3.63, 3.8) is 0 Å². The van der Waals surface area contributed by atoms with Gasteiger partial charge in [-0.25, -0.2) is 14.4 Å². The number of carbonyl (C=O) groups is 12. The number of rotatable bonds is 34. The number of hydrogen-bond donors (Lipinski definition) is 13. The lowest BCUT2D eigenvalue weighted by atomic mass is 10.1. The summed E-state index contributed by atoms with van der Waals surface area (Å²) < 4.78 is 0. The van der Waals surface area contributed by atoms with Gasteiger partial charge in [0, 0.05) is 90.3 Å². The molecule has 0 aromatic heterocycles.